The van der Waals surface area contributed by atoms with Crippen LogP contribution in [0.1, 0.15) is 26.7 Å². The molecule has 16 heavy (non-hydrogen) atoms. The molecule has 0 spiro atoms. The third-order valence-electron chi connectivity index (χ3n) is 2.42. The second kappa shape index (κ2) is 5.75. The van der Waals surface area contributed by atoms with E-state index in [1.165, 1.54) is 0 Å². The van der Waals surface area contributed by atoms with Crippen molar-refractivity contribution in [2.24, 2.45) is 5.73 Å². The number of nitrogens with two attached hydrogens (primary N) is 1. The Morgan fingerprint density at radius 2 is 1.88 bits per heavy atom. The highest BCUT2D eigenvalue weighted by molar-refractivity contribution is 5.46. The molecule has 90 valence electrons. The first kappa shape index (κ1) is 12.8. The summed E-state index contributed by atoms with van der Waals surface area (Å²) < 4.78 is 5.10. The molecule has 1 aromatic carbocycles. The summed E-state index contributed by atoms with van der Waals surface area (Å²) in [6.45, 7) is 5.06. The number of benzene rings is 1. The van der Waals surface area contributed by atoms with E-state index in [1.54, 1.807) is 7.11 Å². The molecule has 3 N–H and O–H groups in total. The van der Waals surface area contributed by atoms with E-state index in [4.69, 9.17) is 10.5 Å². The Bertz CT molecular complexity index is 301. The van der Waals surface area contributed by atoms with E-state index in [2.05, 4.69) is 19.2 Å². The summed E-state index contributed by atoms with van der Waals surface area (Å²) in [5.74, 6) is 0.883. The standard InChI is InChI=1S/C13H22N2O/c1-13(2,14)9-4-10-15-11-5-7-12(16-3)8-6-11/h5-8,15H,4,9-10,14H2,1-3H3. The van der Waals surface area contributed by atoms with Gasteiger partial charge < -0.3 is 15.8 Å². The molecule has 0 radical (unpaired) electrons. The van der Waals surface area contributed by atoms with Crippen LogP contribution in [0.3, 0.4) is 0 Å². The molecule has 0 heterocycles. The number of methoxy groups -OCH3 is 1. The topological polar surface area (TPSA) is 47.3 Å². The summed E-state index contributed by atoms with van der Waals surface area (Å²) in [5, 5.41) is 3.36. The van der Waals surface area contributed by atoms with Gasteiger partial charge in [-0.05, 0) is 51.0 Å². The molecule has 0 aromatic heterocycles. The molecule has 1 rings (SSSR count). The number of hydrogen-bond acceptors (Lipinski definition) is 3. The molecular weight excluding hydrogens is 200 g/mol. The van der Waals surface area contributed by atoms with Crippen LogP contribution in [-0.2, 0) is 0 Å². The fourth-order valence-corrected chi connectivity index (χ4v) is 1.49. The number of ether oxygens (including phenoxy) is 1. The Labute approximate surface area is 98.0 Å². The maximum absolute atomic E-state index is 5.91. The summed E-state index contributed by atoms with van der Waals surface area (Å²) in [6, 6.07) is 7.95. The van der Waals surface area contributed by atoms with Crippen molar-refractivity contribution < 1.29 is 4.74 Å². The minimum atomic E-state index is -0.0679. The molecule has 0 amide bonds. The predicted octanol–water partition coefficient (Wildman–Crippen LogP) is 2.62. The third-order valence-corrected chi connectivity index (χ3v) is 2.42. The molecule has 0 saturated carbocycles. The van der Waals surface area contributed by atoms with E-state index >= 15 is 0 Å². The zero-order valence-electron chi connectivity index (χ0n) is 10.4. The Morgan fingerprint density at radius 3 is 2.38 bits per heavy atom. The average Bonchev–Trinajstić information content (AvgIpc) is 2.24. The maximum Gasteiger partial charge on any atom is 0.119 e. The van der Waals surface area contributed by atoms with Crippen molar-refractivity contribution in [2.75, 3.05) is 19.0 Å². The molecule has 1 aromatic rings. The van der Waals surface area contributed by atoms with Crippen LogP contribution in [-0.4, -0.2) is 19.2 Å². The number of hydrogen-bond donors (Lipinski definition) is 2. The van der Waals surface area contributed by atoms with E-state index in [-0.39, 0.29) is 5.54 Å². The highest BCUT2D eigenvalue weighted by Gasteiger charge is 2.08. The molecule has 0 atom stereocenters. The number of nitrogens with one attached hydrogen (secondary N) is 1. The van der Waals surface area contributed by atoms with Gasteiger partial charge in [0, 0.05) is 17.8 Å². The van der Waals surface area contributed by atoms with Gasteiger partial charge in [0.05, 0.1) is 7.11 Å². The van der Waals surface area contributed by atoms with Crippen molar-refractivity contribution in [3.05, 3.63) is 24.3 Å². The second-order valence-corrected chi connectivity index (χ2v) is 4.75. The zero-order valence-corrected chi connectivity index (χ0v) is 10.4. The van der Waals surface area contributed by atoms with E-state index in [9.17, 15) is 0 Å². The van der Waals surface area contributed by atoms with E-state index in [0.29, 0.717) is 0 Å². The van der Waals surface area contributed by atoms with Crippen molar-refractivity contribution in [3.63, 3.8) is 0 Å². The van der Waals surface area contributed by atoms with Gasteiger partial charge in [-0.15, -0.1) is 0 Å². The second-order valence-electron chi connectivity index (χ2n) is 4.75. The van der Waals surface area contributed by atoms with Crippen LogP contribution in [0.5, 0.6) is 5.75 Å². The lowest BCUT2D eigenvalue weighted by Crippen LogP contribution is -2.32. The maximum atomic E-state index is 5.91. The number of rotatable bonds is 6. The van der Waals surface area contributed by atoms with Crippen LogP contribution in [0.2, 0.25) is 0 Å². The largest absolute Gasteiger partial charge is 0.497 e. The Morgan fingerprint density at radius 1 is 1.25 bits per heavy atom. The van der Waals surface area contributed by atoms with Gasteiger partial charge in [0.2, 0.25) is 0 Å². The lowest BCUT2D eigenvalue weighted by Gasteiger charge is -2.18. The van der Waals surface area contributed by atoms with E-state index in [1.807, 2.05) is 24.3 Å². The number of anilines is 1. The first-order valence-electron chi connectivity index (χ1n) is 5.68. The van der Waals surface area contributed by atoms with E-state index < -0.39 is 0 Å². The Balaban J connectivity index is 2.27. The molecule has 0 aliphatic heterocycles. The highest BCUT2D eigenvalue weighted by Crippen LogP contribution is 2.15. The van der Waals surface area contributed by atoms with Crippen molar-refractivity contribution in [2.45, 2.75) is 32.2 Å². The summed E-state index contributed by atoms with van der Waals surface area (Å²) in [5.41, 5.74) is 6.96. The van der Waals surface area contributed by atoms with Crippen LogP contribution >= 0.6 is 0 Å². The first-order valence-corrected chi connectivity index (χ1v) is 5.68. The Hall–Kier alpha value is -1.22. The van der Waals surface area contributed by atoms with Gasteiger partial charge in [0.15, 0.2) is 0 Å². The normalized spacial score (nSPS) is 11.2. The van der Waals surface area contributed by atoms with Crippen molar-refractivity contribution in [1.82, 2.24) is 0 Å². The average molecular weight is 222 g/mol. The molecule has 0 saturated heterocycles. The lowest BCUT2D eigenvalue weighted by molar-refractivity contribution is 0.415. The van der Waals surface area contributed by atoms with Crippen LogP contribution in [0.25, 0.3) is 0 Å². The third kappa shape index (κ3) is 5.03. The summed E-state index contributed by atoms with van der Waals surface area (Å²) >= 11 is 0. The zero-order chi connectivity index (χ0) is 12.0. The van der Waals surface area contributed by atoms with Crippen LogP contribution in [0.4, 0.5) is 5.69 Å². The van der Waals surface area contributed by atoms with Crippen molar-refractivity contribution in [3.8, 4) is 5.75 Å². The van der Waals surface area contributed by atoms with Crippen LogP contribution in [0, 0.1) is 0 Å². The predicted molar refractivity (Wildman–Crippen MR) is 69.0 cm³/mol. The van der Waals surface area contributed by atoms with Crippen LogP contribution < -0.4 is 15.8 Å². The molecule has 0 aliphatic rings. The molecule has 3 nitrogen and oxygen atoms in total. The summed E-state index contributed by atoms with van der Waals surface area (Å²) in [7, 11) is 1.67. The molecule has 0 unspecified atom stereocenters. The van der Waals surface area contributed by atoms with Gasteiger partial charge in [-0.25, -0.2) is 0 Å². The monoisotopic (exact) mass is 222 g/mol. The quantitative estimate of drug-likeness (QED) is 0.727. The summed E-state index contributed by atoms with van der Waals surface area (Å²) in [4.78, 5) is 0. The van der Waals surface area contributed by atoms with Gasteiger partial charge in [-0.1, -0.05) is 0 Å². The SMILES string of the molecule is COc1ccc(NCCCC(C)(C)N)cc1. The minimum absolute atomic E-state index is 0.0679. The summed E-state index contributed by atoms with van der Waals surface area (Å²) in [6.07, 6.45) is 2.10. The van der Waals surface area contributed by atoms with E-state index in [0.717, 1.165) is 30.8 Å². The molecular formula is C13H22N2O. The lowest BCUT2D eigenvalue weighted by atomic mass is 10.0. The molecule has 0 fully saturated rings. The molecule has 0 bridgehead atoms. The van der Waals surface area contributed by atoms with Gasteiger partial charge >= 0.3 is 0 Å². The minimum Gasteiger partial charge on any atom is -0.497 e. The van der Waals surface area contributed by atoms with Crippen LogP contribution in [0.15, 0.2) is 24.3 Å². The van der Waals surface area contributed by atoms with Gasteiger partial charge in [-0.3, -0.25) is 0 Å². The molecule has 0 aliphatic carbocycles. The van der Waals surface area contributed by atoms with Gasteiger partial charge in [0.25, 0.3) is 0 Å². The van der Waals surface area contributed by atoms with Crippen molar-refractivity contribution >= 4 is 5.69 Å². The first-order chi connectivity index (χ1) is 7.51. The van der Waals surface area contributed by atoms with Gasteiger partial charge in [0.1, 0.15) is 5.75 Å². The fourth-order valence-electron chi connectivity index (χ4n) is 1.49. The smallest absolute Gasteiger partial charge is 0.119 e. The highest BCUT2D eigenvalue weighted by atomic mass is 16.5. The Kier molecular flexibility index (Phi) is 4.62. The fraction of sp³-hybridized carbons (Fsp3) is 0.538. The van der Waals surface area contributed by atoms with Gasteiger partial charge in [-0.2, -0.15) is 0 Å². The molecule has 3 heteroatoms. The van der Waals surface area contributed by atoms with Crippen molar-refractivity contribution in [1.29, 1.82) is 0 Å².